The van der Waals surface area contributed by atoms with Gasteiger partial charge in [0.25, 0.3) is 0 Å². The fraction of sp³-hybridized carbons (Fsp3) is 0.273. The van der Waals surface area contributed by atoms with Crippen LogP contribution in [0.3, 0.4) is 0 Å². The summed E-state index contributed by atoms with van der Waals surface area (Å²) < 4.78 is 7.38. The first-order valence-electron chi connectivity index (χ1n) is 9.41. The van der Waals surface area contributed by atoms with Crippen molar-refractivity contribution in [3.05, 3.63) is 77.1 Å². The molecule has 2 N–H and O–H groups in total. The topological polar surface area (TPSA) is 68.2 Å². The van der Waals surface area contributed by atoms with Gasteiger partial charge in [-0.15, -0.1) is 0 Å². The minimum absolute atomic E-state index is 0.251. The first-order chi connectivity index (χ1) is 13.6. The lowest BCUT2D eigenvalue weighted by molar-refractivity contribution is 0.251. The predicted molar refractivity (Wildman–Crippen MR) is 111 cm³/mol. The summed E-state index contributed by atoms with van der Waals surface area (Å²) in [6.07, 6.45) is 0. The van der Waals surface area contributed by atoms with Crippen LogP contribution in [0.4, 0.5) is 10.5 Å². The van der Waals surface area contributed by atoms with E-state index in [0.717, 1.165) is 22.7 Å². The van der Waals surface area contributed by atoms with Crippen LogP contribution in [0, 0.1) is 13.8 Å². The van der Waals surface area contributed by atoms with Crippen LogP contribution >= 0.6 is 0 Å². The molecule has 3 aromatic rings. The van der Waals surface area contributed by atoms with E-state index in [1.54, 1.807) is 0 Å². The zero-order valence-corrected chi connectivity index (χ0v) is 16.5. The molecule has 0 saturated carbocycles. The highest BCUT2D eigenvalue weighted by molar-refractivity contribution is 5.89. The minimum Gasteiger partial charge on any atom is -0.494 e. The molecule has 0 aliphatic rings. The lowest BCUT2D eigenvalue weighted by atomic mass is 10.2. The Morgan fingerprint density at radius 1 is 1.07 bits per heavy atom. The van der Waals surface area contributed by atoms with E-state index in [1.807, 2.05) is 67.9 Å². The van der Waals surface area contributed by atoms with Crippen LogP contribution in [0.25, 0.3) is 0 Å². The monoisotopic (exact) mass is 378 g/mol. The van der Waals surface area contributed by atoms with Crippen molar-refractivity contribution < 1.29 is 9.53 Å². The summed E-state index contributed by atoms with van der Waals surface area (Å²) in [7, 11) is 0. The Morgan fingerprint density at radius 2 is 1.79 bits per heavy atom. The maximum Gasteiger partial charge on any atom is 0.319 e. The largest absolute Gasteiger partial charge is 0.494 e. The predicted octanol–water partition coefficient (Wildman–Crippen LogP) is 4.27. The number of ether oxygens (including phenoxy) is 1. The van der Waals surface area contributed by atoms with E-state index >= 15 is 0 Å². The number of hydrogen-bond donors (Lipinski definition) is 2. The first-order valence-corrected chi connectivity index (χ1v) is 9.41. The maximum atomic E-state index is 12.2. The molecule has 0 atom stereocenters. The first kappa shape index (κ1) is 19.5. The van der Waals surface area contributed by atoms with Gasteiger partial charge in [-0.25, -0.2) is 4.79 Å². The van der Waals surface area contributed by atoms with E-state index in [4.69, 9.17) is 4.74 Å². The molecule has 1 aromatic heterocycles. The fourth-order valence-electron chi connectivity index (χ4n) is 3.05. The highest BCUT2D eigenvalue weighted by Gasteiger charge is 2.13. The van der Waals surface area contributed by atoms with Crippen LogP contribution < -0.4 is 15.4 Å². The second-order valence-electron chi connectivity index (χ2n) is 6.56. The third-order valence-electron chi connectivity index (χ3n) is 4.56. The number of benzene rings is 2. The lowest BCUT2D eigenvalue weighted by Gasteiger charge is -2.09. The van der Waals surface area contributed by atoms with E-state index in [1.165, 1.54) is 5.56 Å². The number of rotatable bonds is 7. The van der Waals surface area contributed by atoms with E-state index < -0.39 is 0 Å². The van der Waals surface area contributed by atoms with Crippen LogP contribution in [0.2, 0.25) is 0 Å². The van der Waals surface area contributed by atoms with Gasteiger partial charge in [-0.05, 0) is 50.6 Å². The Hall–Kier alpha value is -3.28. The van der Waals surface area contributed by atoms with Crippen LogP contribution in [0.15, 0.2) is 54.6 Å². The molecule has 0 fully saturated rings. The Kier molecular flexibility index (Phi) is 6.32. The van der Waals surface area contributed by atoms with Gasteiger partial charge in [0.1, 0.15) is 5.75 Å². The average molecular weight is 378 g/mol. The number of aryl methyl sites for hydroxylation is 1. The maximum absolute atomic E-state index is 12.2. The van der Waals surface area contributed by atoms with E-state index in [0.29, 0.717) is 25.4 Å². The summed E-state index contributed by atoms with van der Waals surface area (Å²) in [4.78, 5) is 12.2. The second-order valence-corrected chi connectivity index (χ2v) is 6.56. The molecule has 0 radical (unpaired) electrons. The number of carbonyl (C=O) groups is 1. The van der Waals surface area contributed by atoms with Crippen molar-refractivity contribution in [1.82, 2.24) is 15.1 Å². The molecular weight excluding hydrogens is 352 g/mol. The molecule has 6 heteroatoms. The number of carbonyl (C=O) groups excluding carboxylic acids is 1. The number of amides is 2. The molecule has 2 aromatic carbocycles. The summed E-state index contributed by atoms with van der Waals surface area (Å²) >= 11 is 0. The van der Waals surface area contributed by atoms with Gasteiger partial charge in [-0.3, -0.25) is 4.68 Å². The minimum atomic E-state index is -0.251. The van der Waals surface area contributed by atoms with Crippen molar-refractivity contribution in [1.29, 1.82) is 0 Å². The number of aromatic nitrogens is 2. The summed E-state index contributed by atoms with van der Waals surface area (Å²) in [6, 6.07) is 17.3. The molecule has 0 aliphatic carbocycles. The molecule has 1 heterocycles. The van der Waals surface area contributed by atoms with Gasteiger partial charge in [0.15, 0.2) is 0 Å². The quantitative estimate of drug-likeness (QED) is 0.645. The van der Waals surface area contributed by atoms with Crippen molar-refractivity contribution in [3.8, 4) is 5.75 Å². The van der Waals surface area contributed by atoms with E-state index in [2.05, 4.69) is 27.9 Å². The average Bonchev–Trinajstić information content (AvgIpc) is 2.95. The van der Waals surface area contributed by atoms with Crippen LogP contribution in [0.1, 0.15) is 29.4 Å². The van der Waals surface area contributed by atoms with Crippen molar-refractivity contribution >= 4 is 11.7 Å². The highest BCUT2D eigenvalue weighted by atomic mass is 16.5. The number of nitrogens with zero attached hydrogens (tertiary/aromatic N) is 2. The lowest BCUT2D eigenvalue weighted by Crippen LogP contribution is -2.28. The molecule has 2 amide bonds. The summed E-state index contributed by atoms with van der Waals surface area (Å²) in [5.41, 5.74) is 4.94. The Morgan fingerprint density at radius 3 is 2.46 bits per heavy atom. The number of urea groups is 1. The van der Waals surface area contributed by atoms with Crippen molar-refractivity contribution in [2.24, 2.45) is 0 Å². The third kappa shape index (κ3) is 4.91. The molecule has 0 saturated heterocycles. The van der Waals surface area contributed by atoms with Gasteiger partial charge in [-0.1, -0.05) is 30.3 Å². The zero-order chi connectivity index (χ0) is 19.9. The standard InChI is InChI=1S/C22H26N4O2/c1-4-28-20-12-10-19(11-13-20)24-22(27)23-14-21-16(2)25-26(17(21)3)15-18-8-6-5-7-9-18/h5-13H,4,14-15H2,1-3H3,(H2,23,24,27). The summed E-state index contributed by atoms with van der Waals surface area (Å²) in [5, 5.41) is 10.4. The van der Waals surface area contributed by atoms with Crippen molar-refractivity contribution in [2.45, 2.75) is 33.9 Å². The van der Waals surface area contributed by atoms with Crippen LogP contribution in [-0.4, -0.2) is 22.4 Å². The molecule has 6 nitrogen and oxygen atoms in total. The summed E-state index contributed by atoms with van der Waals surface area (Å²) in [5.74, 6) is 0.783. The number of anilines is 1. The van der Waals surface area contributed by atoms with Gasteiger partial charge in [0.2, 0.25) is 0 Å². The van der Waals surface area contributed by atoms with Gasteiger partial charge < -0.3 is 15.4 Å². The van der Waals surface area contributed by atoms with Crippen molar-refractivity contribution in [3.63, 3.8) is 0 Å². The highest BCUT2D eigenvalue weighted by Crippen LogP contribution is 2.17. The van der Waals surface area contributed by atoms with Gasteiger partial charge in [-0.2, -0.15) is 5.10 Å². The SMILES string of the molecule is CCOc1ccc(NC(=O)NCc2c(C)nn(Cc3ccccc3)c2C)cc1. The smallest absolute Gasteiger partial charge is 0.319 e. The van der Waals surface area contributed by atoms with Gasteiger partial charge >= 0.3 is 6.03 Å². The van der Waals surface area contributed by atoms with Gasteiger partial charge in [0.05, 0.1) is 18.8 Å². The molecule has 3 rings (SSSR count). The molecule has 0 spiro atoms. The Balaban J connectivity index is 1.58. The third-order valence-corrected chi connectivity index (χ3v) is 4.56. The zero-order valence-electron chi connectivity index (χ0n) is 16.5. The molecule has 146 valence electrons. The normalized spacial score (nSPS) is 10.5. The van der Waals surface area contributed by atoms with Crippen LogP contribution in [0.5, 0.6) is 5.75 Å². The summed E-state index contributed by atoms with van der Waals surface area (Å²) in [6.45, 7) is 7.69. The van der Waals surface area contributed by atoms with Crippen molar-refractivity contribution in [2.75, 3.05) is 11.9 Å². The molecule has 0 aliphatic heterocycles. The molecule has 28 heavy (non-hydrogen) atoms. The van der Waals surface area contributed by atoms with E-state index in [-0.39, 0.29) is 6.03 Å². The Labute approximate surface area is 165 Å². The second kappa shape index (κ2) is 9.08. The van der Waals surface area contributed by atoms with Crippen LogP contribution in [-0.2, 0) is 13.1 Å². The van der Waals surface area contributed by atoms with E-state index in [9.17, 15) is 4.79 Å². The molecule has 0 bridgehead atoms. The molecule has 0 unspecified atom stereocenters. The molecular formula is C22H26N4O2. The Bertz CT molecular complexity index is 918. The fourth-order valence-corrected chi connectivity index (χ4v) is 3.05. The van der Waals surface area contributed by atoms with Gasteiger partial charge in [0, 0.05) is 23.5 Å². The number of nitrogens with one attached hydrogen (secondary N) is 2. The number of hydrogen-bond acceptors (Lipinski definition) is 3.